The average molecular weight is 601 g/mol. The Morgan fingerprint density at radius 2 is 1.88 bits per heavy atom. The fraction of sp³-hybridized carbons (Fsp3) is 0.357. The van der Waals surface area contributed by atoms with Crippen molar-refractivity contribution in [1.29, 1.82) is 5.26 Å². The van der Waals surface area contributed by atoms with Gasteiger partial charge < -0.3 is 9.80 Å². The molecule has 220 valence electrons. The Hall–Kier alpha value is -4.40. The smallest absolute Gasteiger partial charge is 0.323 e. The molecule has 2 aromatic rings. The summed E-state index contributed by atoms with van der Waals surface area (Å²) in [6.45, 7) is 9.82. The van der Waals surface area contributed by atoms with Gasteiger partial charge in [0.25, 0.3) is 0 Å². The maximum Gasteiger partial charge on any atom is 0.416 e. The molecule has 0 N–H and O–H groups in total. The zero-order valence-electron chi connectivity index (χ0n) is 23.2. The van der Waals surface area contributed by atoms with Crippen molar-refractivity contribution in [2.75, 3.05) is 38.3 Å². The molecule has 4 rings (SSSR count). The van der Waals surface area contributed by atoms with Gasteiger partial charge in [0.2, 0.25) is 5.70 Å². The molecule has 2 aliphatic heterocycles. The summed E-state index contributed by atoms with van der Waals surface area (Å²) in [6, 6.07) is 6.04. The number of carbonyl (C=O) groups excluding carboxylic acids is 2. The molecule has 2 heterocycles. The van der Waals surface area contributed by atoms with E-state index in [0.717, 1.165) is 40.3 Å². The van der Waals surface area contributed by atoms with Gasteiger partial charge in [0.1, 0.15) is 6.04 Å². The standard InChI is InChI=1S/C28H27F3N6O4S/c1-17-24(33-2)25(22-10-9-18(15-32)13-23(22)42(5,40)41)37(26(38)35-12-11-21(16-35)34(3)4)27(39)36(17)20-8-6-7-19(14-20)28(29,30)31/h6-10,13-14,21,25H,11-12,16H2,1,3-5H3/t21-,25-/m1/s1. The Morgan fingerprint density at radius 3 is 2.43 bits per heavy atom. The molecule has 0 bridgehead atoms. The zero-order chi connectivity index (χ0) is 31.1. The molecule has 10 nitrogen and oxygen atoms in total. The highest BCUT2D eigenvalue weighted by Crippen LogP contribution is 2.43. The van der Waals surface area contributed by atoms with E-state index in [-0.39, 0.29) is 52.2 Å². The number of hydrogen-bond acceptors (Lipinski definition) is 6. The lowest BCUT2D eigenvalue weighted by Gasteiger charge is -2.42. The van der Waals surface area contributed by atoms with Gasteiger partial charge in [0.05, 0.1) is 28.7 Å². The Morgan fingerprint density at radius 1 is 1.19 bits per heavy atom. The van der Waals surface area contributed by atoms with Crippen LogP contribution >= 0.6 is 0 Å². The van der Waals surface area contributed by atoms with E-state index in [1.54, 1.807) is 0 Å². The maximum atomic E-state index is 14.2. The minimum Gasteiger partial charge on any atom is -0.323 e. The van der Waals surface area contributed by atoms with Crippen molar-refractivity contribution in [3.63, 3.8) is 0 Å². The summed E-state index contributed by atoms with van der Waals surface area (Å²) in [5.41, 5.74) is -1.65. The molecule has 2 atom stereocenters. The molecule has 2 aliphatic rings. The van der Waals surface area contributed by atoms with Gasteiger partial charge in [-0.2, -0.15) is 18.4 Å². The third-order valence-electron chi connectivity index (χ3n) is 7.38. The number of urea groups is 2. The van der Waals surface area contributed by atoms with E-state index >= 15 is 0 Å². The molecule has 42 heavy (non-hydrogen) atoms. The molecule has 0 unspecified atom stereocenters. The number of likely N-dealkylation sites (tertiary alicyclic amines) is 1. The summed E-state index contributed by atoms with van der Waals surface area (Å²) in [5.74, 6) is 0. The third-order valence-corrected chi connectivity index (χ3v) is 8.53. The number of sulfone groups is 1. The van der Waals surface area contributed by atoms with Gasteiger partial charge in [0.15, 0.2) is 9.84 Å². The van der Waals surface area contributed by atoms with Gasteiger partial charge in [-0.15, -0.1) is 0 Å². The molecule has 4 amide bonds. The first-order chi connectivity index (χ1) is 19.6. The van der Waals surface area contributed by atoms with Crippen LogP contribution in [0.1, 0.15) is 36.1 Å². The molecule has 1 saturated heterocycles. The van der Waals surface area contributed by atoms with Gasteiger partial charge in [-0.3, -0.25) is 4.90 Å². The number of rotatable bonds is 4. The molecule has 14 heteroatoms. The van der Waals surface area contributed by atoms with Gasteiger partial charge in [-0.25, -0.2) is 27.8 Å². The van der Waals surface area contributed by atoms with E-state index < -0.39 is 39.7 Å². The number of benzene rings is 2. The Balaban J connectivity index is 1.98. The predicted octanol–water partition coefficient (Wildman–Crippen LogP) is 4.87. The van der Waals surface area contributed by atoms with Crippen LogP contribution in [0.25, 0.3) is 4.85 Å². The lowest BCUT2D eigenvalue weighted by atomic mass is 9.97. The molecule has 0 aliphatic carbocycles. The molecule has 0 radical (unpaired) electrons. The zero-order valence-corrected chi connectivity index (χ0v) is 24.0. The molecular weight excluding hydrogens is 573 g/mol. The Bertz CT molecular complexity index is 1670. The molecular formula is C28H27F3N6O4S. The van der Waals surface area contributed by atoms with E-state index in [1.807, 2.05) is 25.1 Å². The van der Waals surface area contributed by atoms with Crippen molar-refractivity contribution in [2.45, 2.75) is 36.5 Å². The first kappa shape index (κ1) is 30.6. The van der Waals surface area contributed by atoms with E-state index in [0.29, 0.717) is 6.42 Å². The monoisotopic (exact) mass is 600 g/mol. The van der Waals surface area contributed by atoms with E-state index in [2.05, 4.69) is 4.85 Å². The highest BCUT2D eigenvalue weighted by molar-refractivity contribution is 7.90. The molecule has 2 aromatic carbocycles. The lowest BCUT2D eigenvalue weighted by molar-refractivity contribution is -0.137. The summed E-state index contributed by atoms with van der Waals surface area (Å²) in [7, 11) is -0.374. The van der Waals surface area contributed by atoms with Gasteiger partial charge in [0, 0.05) is 36.8 Å². The molecule has 1 fully saturated rings. The van der Waals surface area contributed by atoms with Gasteiger partial charge >= 0.3 is 18.2 Å². The van der Waals surface area contributed by atoms with Gasteiger partial charge in [-0.05, 0) is 63.3 Å². The van der Waals surface area contributed by atoms with Crippen molar-refractivity contribution in [3.05, 3.63) is 82.0 Å². The second-order valence-corrected chi connectivity index (χ2v) is 12.3. The van der Waals surface area contributed by atoms with E-state index in [9.17, 15) is 36.4 Å². The van der Waals surface area contributed by atoms with Crippen LogP contribution in [0.15, 0.2) is 58.8 Å². The van der Waals surface area contributed by atoms with Crippen molar-refractivity contribution in [1.82, 2.24) is 14.7 Å². The second kappa shape index (κ2) is 11.1. The normalized spacial score (nSPS) is 19.8. The quantitative estimate of drug-likeness (QED) is 0.464. The largest absolute Gasteiger partial charge is 0.416 e. The highest BCUT2D eigenvalue weighted by atomic mass is 32.2. The first-order valence-corrected chi connectivity index (χ1v) is 14.6. The summed E-state index contributed by atoms with van der Waals surface area (Å²) < 4.78 is 66.4. The van der Waals surface area contributed by atoms with E-state index in [4.69, 9.17) is 6.57 Å². The summed E-state index contributed by atoms with van der Waals surface area (Å²) in [6.07, 6.45) is -3.25. The number of hydrogen-bond donors (Lipinski definition) is 0. The Labute approximate surface area is 241 Å². The van der Waals surface area contributed by atoms with Crippen LogP contribution in [0, 0.1) is 17.9 Å². The number of carbonyl (C=O) groups is 2. The van der Waals surface area contributed by atoms with Crippen LogP contribution in [-0.2, 0) is 16.0 Å². The average Bonchev–Trinajstić information content (AvgIpc) is 3.42. The number of alkyl halides is 3. The minimum absolute atomic E-state index is 0.00297. The SMILES string of the molecule is [C-]#[N+]C1=C(C)N(c2cccc(C(F)(F)F)c2)C(=O)N(C(=O)N2CC[C@@H](N(C)C)C2)[C@@H]1c1ccc(C#N)cc1S(C)(=O)=O. The van der Waals surface area contributed by atoms with Crippen LogP contribution in [0.4, 0.5) is 28.4 Å². The molecule has 0 spiro atoms. The van der Waals surface area contributed by atoms with E-state index in [1.165, 1.54) is 30.0 Å². The van der Waals surface area contributed by atoms with Crippen molar-refractivity contribution in [3.8, 4) is 6.07 Å². The minimum atomic E-state index is -4.73. The van der Waals surface area contributed by atoms with Crippen LogP contribution in [0.5, 0.6) is 0 Å². The number of imide groups is 1. The highest BCUT2D eigenvalue weighted by Gasteiger charge is 2.47. The first-order valence-electron chi connectivity index (χ1n) is 12.7. The number of likely N-dealkylation sites (N-methyl/N-ethyl adjacent to an activating group) is 1. The number of nitrogens with zero attached hydrogens (tertiary/aromatic N) is 6. The topological polar surface area (TPSA) is 109 Å². The maximum absolute atomic E-state index is 14.2. The number of halogens is 3. The lowest BCUT2D eigenvalue weighted by Crippen LogP contribution is -2.55. The summed E-state index contributed by atoms with van der Waals surface area (Å²) >= 11 is 0. The number of anilines is 1. The summed E-state index contributed by atoms with van der Waals surface area (Å²) in [4.78, 5) is 36.4. The van der Waals surface area contributed by atoms with Gasteiger partial charge in [-0.1, -0.05) is 12.1 Å². The molecule has 0 saturated carbocycles. The van der Waals surface area contributed by atoms with Crippen LogP contribution in [-0.4, -0.2) is 74.7 Å². The second-order valence-electron chi connectivity index (χ2n) is 10.3. The third kappa shape index (κ3) is 5.55. The summed E-state index contributed by atoms with van der Waals surface area (Å²) in [5, 5.41) is 9.39. The van der Waals surface area contributed by atoms with Crippen LogP contribution in [0.2, 0.25) is 0 Å². The number of allylic oxidation sites excluding steroid dienone is 1. The fourth-order valence-electron chi connectivity index (χ4n) is 5.18. The fourth-order valence-corrected chi connectivity index (χ4v) is 6.13. The van der Waals surface area contributed by atoms with Crippen molar-refractivity contribution >= 4 is 27.6 Å². The molecule has 0 aromatic heterocycles. The Kier molecular flexibility index (Phi) is 8.09. The number of amides is 4. The van der Waals surface area contributed by atoms with Crippen molar-refractivity contribution in [2.24, 2.45) is 0 Å². The van der Waals surface area contributed by atoms with Crippen LogP contribution < -0.4 is 4.90 Å². The number of nitriles is 1. The predicted molar refractivity (Wildman–Crippen MR) is 147 cm³/mol. The van der Waals surface area contributed by atoms with Crippen LogP contribution in [0.3, 0.4) is 0 Å². The van der Waals surface area contributed by atoms with Crippen molar-refractivity contribution < 1.29 is 31.2 Å².